The Labute approximate surface area is 338 Å². The molecule has 6 heteroatoms. The van der Waals surface area contributed by atoms with Crippen molar-refractivity contribution in [3.63, 3.8) is 0 Å². The molecule has 0 aliphatic rings. The van der Waals surface area contributed by atoms with E-state index >= 15 is 0 Å². The van der Waals surface area contributed by atoms with Crippen LogP contribution < -0.4 is 0 Å². The van der Waals surface area contributed by atoms with E-state index in [1.54, 1.807) is 0 Å². The molecule has 0 bridgehead atoms. The van der Waals surface area contributed by atoms with Crippen LogP contribution in [-0.2, 0) is 28.6 Å². The van der Waals surface area contributed by atoms with Crippen molar-refractivity contribution in [1.29, 1.82) is 0 Å². The summed E-state index contributed by atoms with van der Waals surface area (Å²) < 4.78 is 16.6. The van der Waals surface area contributed by atoms with E-state index in [1.165, 1.54) is 83.5 Å². The molecule has 0 spiro atoms. The molecule has 0 fully saturated rings. The predicted octanol–water partition coefficient (Wildman–Crippen LogP) is 14.3. The van der Waals surface area contributed by atoms with Gasteiger partial charge >= 0.3 is 17.9 Å². The van der Waals surface area contributed by atoms with Crippen LogP contribution in [0, 0.1) is 0 Å². The molecular weight excluding hydrogens is 685 g/mol. The van der Waals surface area contributed by atoms with Crippen LogP contribution in [0.2, 0.25) is 0 Å². The van der Waals surface area contributed by atoms with Gasteiger partial charge in [0, 0.05) is 19.3 Å². The standard InChI is InChI=1S/C49H82O6/c1-4-7-10-13-16-19-21-22-23-24-25-26-28-30-33-36-39-42-48(51)54-45-46(44-53-47(50)41-38-35-32-29-18-15-12-9-6-3)55-49(52)43-40-37-34-31-27-20-17-14-11-8-5-2/h14,17,20,22-23,25-27,29-30,32-33,46H,4-13,15-16,18-19,21,24,28,31,34-45H2,1-3H3/b17-14-,23-22-,26-25-,27-20-,32-29-,33-30-. The number of allylic oxidation sites excluding steroid dienone is 12. The first-order valence-electron chi connectivity index (χ1n) is 22.5. The van der Waals surface area contributed by atoms with Gasteiger partial charge in [-0.3, -0.25) is 14.4 Å². The summed E-state index contributed by atoms with van der Waals surface area (Å²) in [4.78, 5) is 37.6. The minimum atomic E-state index is -0.817. The van der Waals surface area contributed by atoms with Crippen molar-refractivity contribution in [3.05, 3.63) is 72.9 Å². The SMILES string of the molecule is CCCC/C=C\C=C/CCCCCC(=O)OC(COC(=O)CCC/C=C\C/C=C\C/C=C\CCCCCCCC)COC(=O)CCC/C=C\CCCCCC. The molecule has 1 atom stereocenters. The van der Waals surface area contributed by atoms with Gasteiger partial charge in [0.15, 0.2) is 6.10 Å². The molecule has 0 saturated heterocycles. The van der Waals surface area contributed by atoms with Crippen molar-refractivity contribution >= 4 is 17.9 Å². The molecular formula is C49H82O6. The molecule has 0 aromatic carbocycles. The summed E-state index contributed by atoms with van der Waals surface area (Å²) in [6.07, 6.45) is 53.3. The molecule has 0 saturated carbocycles. The van der Waals surface area contributed by atoms with Crippen LogP contribution in [-0.4, -0.2) is 37.2 Å². The van der Waals surface area contributed by atoms with Gasteiger partial charge in [-0.2, -0.15) is 0 Å². The first kappa shape index (κ1) is 51.9. The predicted molar refractivity (Wildman–Crippen MR) is 233 cm³/mol. The van der Waals surface area contributed by atoms with Gasteiger partial charge in [-0.15, -0.1) is 0 Å². The maximum Gasteiger partial charge on any atom is 0.306 e. The van der Waals surface area contributed by atoms with Crippen molar-refractivity contribution < 1.29 is 28.6 Å². The lowest BCUT2D eigenvalue weighted by atomic mass is 10.1. The lowest BCUT2D eigenvalue weighted by molar-refractivity contribution is -0.167. The Morgan fingerprint density at radius 1 is 0.382 bits per heavy atom. The molecule has 0 aliphatic heterocycles. The number of hydrogen-bond acceptors (Lipinski definition) is 6. The highest BCUT2D eigenvalue weighted by Crippen LogP contribution is 2.11. The molecule has 0 amide bonds. The zero-order valence-corrected chi connectivity index (χ0v) is 35.7. The molecule has 0 aromatic heterocycles. The zero-order chi connectivity index (χ0) is 40.1. The molecule has 0 aromatic rings. The van der Waals surface area contributed by atoms with E-state index in [2.05, 4.69) is 93.7 Å². The zero-order valence-electron chi connectivity index (χ0n) is 35.7. The first-order chi connectivity index (χ1) is 27.0. The second kappa shape index (κ2) is 43.6. The number of carbonyl (C=O) groups is 3. The van der Waals surface area contributed by atoms with Crippen LogP contribution >= 0.6 is 0 Å². The number of rotatable bonds is 39. The Morgan fingerprint density at radius 2 is 0.745 bits per heavy atom. The smallest absolute Gasteiger partial charge is 0.306 e. The Kier molecular flexibility index (Phi) is 41.1. The highest BCUT2D eigenvalue weighted by atomic mass is 16.6. The van der Waals surface area contributed by atoms with Crippen molar-refractivity contribution in [2.24, 2.45) is 0 Å². The van der Waals surface area contributed by atoms with Gasteiger partial charge in [0.25, 0.3) is 0 Å². The van der Waals surface area contributed by atoms with Crippen LogP contribution in [0.4, 0.5) is 0 Å². The molecule has 0 N–H and O–H groups in total. The van der Waals surface area contributed by atoms with Gasteiger partial charge in [-0.05, 0) is 89.9 Å². The molecule has 0 rings (SSSR count). The topological polar surface area (TPSA) is 78.9 Å². The molecule has 6 nitrogen and oxygen atoms in total. The third kappa shape index (κ3) is 41.8. The van der Waals surface area contributed by atoms with Crippen molar-refractivity contribution in [3.8, 4) is 0 Å². The largest absolute Gasteiger partial charge is 0.462 e. The summed E-state index contributed by atoms with van der Waals surface area (Å²) in [5.74, 6) is -1.04. The van der Waals surface area contributed by atoms with Crippen LogP contribution in [0.3, 0.4) is 0 Å². The number of hydrogen-bond donors (Lipinski definition) is 0. The quantitative estimate of drug-likeness (QED) is 0.0204. The summed E-state index contributed by atoms with van der Waals surface area (Å²) in [6.45, 7) is 6.42. The highest BCUT2D eigenvalue weighted by molar-refractivity contribution is 5.71. The second-order valence-electron chi connectivity index (χ2n) is 14.6. The Bertz CT molecular complexity index is 1070. The fourth-order valence-electron chi connectivity index (χ4n) is 5.73. The molecule has 1 unspecified atom stereocenters. The minimum absolute atomic E-state index is 0.118. The van der Waals surface area contributed by atoms with Crippen molar-refractivity contribution in [2.45, 2.75) is 207 Å². The van der Waals surface area contributed by atoms with Gasteiger partial charge < -0.3 is 14.2 Å². The lowest BCUT2D eigenvalue weighted by Gasteiger charge is -2.18. The third-order valence-electron chi connectivity index (χ3n) is 9.18. The van der Waals surface area contributed by atoms with E-state index in [-0.39, 0.29) is 44.0 Å². The summed E-state index contributed by atoms with van der Waals surface area (Å²) in [6, 6.07) is 0. The van der Waals surface area contributed by atoms with E-state index in [4.69, 9.17) is 14.2 Å². The Balaban J connectivity index is 4.49. The summed E-state index contributed by atoms with van der Waals surface area (Å²) in [5, 5.41) is 0. The minimum Gasteiger partial charge on any atom is -0.462 e. The van der Waals surface area contributed by atoms with Gasteiger partial charge in [0.2, 0.25) is 0 Å². The number of unbranched alkanes of at least 4 members (excludes halogenated alkanes) is 17. The normalized spacial score (nSPS) is 12.7. The average Bonchev–Trinajstić information content (AvgIpc) is 3.18. The van der Waals surface area contributed by atoms with Crippen LogP contribution in [0.25, 0.3) is 0 Å². The lowest BCUT2D eigenvalue weighted by Crippen LogP contribution is -2.30. The number of carbonyl (C=O) groups excluding carboxylic acids is 3. The van der Waals surface area contributed by atoms with E-state index in [9.17, 15) is 14.4 Å². The van der Waals surface area contributed by atoms with Crippen LogP contribution in [0.5, 0.6) is 0 Å². The van der Waals surface area contributed by atoms with E-state index in [0.29, 0.717) is 19.3 Å². The van der Waals surface area contributed by atoms with Crippen molar-refractivity contribution in [2.75, 3.05) is 13.2 Å². The summed E-state index contributed by atoms with van der Waals surface area (Å²) in [7, 11) is 0. The Hall–Kier alpha value is -3.15. The van der Waals surface area contributed by atoms with Gasteiger partial charge in [0.1, 0.15) is 13.2 Å². The fourth-order valence-corrected chi connectivity index (χ4v) is 5.73. The maximum absolute atomic E-state index is 12.7. The fraction of sp³-hybridized carbons (Fsp3) is 0.694. The monoisotopic (exact) mass is 767 g/mol. The number of ether oxygens (including phenoxy) is 3. The van der Waals surface area contributed by atoms with E-state index < -0.39 is 6.10 Å². The molecule has 55 heavy (non-hydrogen) atoms. The third-order valence-corrected chi connectivity index (χ3v) is 9.18. The maximum atomic E-state index is 12.7. The summed E-state index contributed by atoms with van der Waals surface area (Å²) >= 11 is 0. The van der Waals surface area contributed by atoms with Crippen LogP contribution in [0.15, 0.2) is 72.9 Å². The first-order valence-corrected chi connectivity index (χ1v) is 22.5. The van der Waals surface area contributed by atoms with Gasteiger partial charge in [0.05, 0.1) is 0 Å². The molecule has 314 valence electrons. The van der Waals surface area contributed by atoms with Crippen LogP contribution in [0.1, 0.15) is 201 Å². The average molecular weight is 767 g/mol. The van der Waals surface area contributed by atoms with Gasteiger partial charge in [-0.25, -0.2) is 0 Å². The van der Waals surface area contributed by atoms with Gasteiger partial charge in [-0.1, -0.05) is 164 Å². The molecule has 0 radical (unpaired) electrons. The molecule has 0 heterocycles. The Morgan fingerprint density at radius 3 is 1.27 bits per heavy atom. The van der Waals surface area contributed by atoms with Crippen molar-refractivity contribution in [1.82, 2.24) is 0 Å². The van der Waals surface area contributed by atoms with E-state index in [1.807, 2.05) is 0 Å². The second-order valence-corrected chi connectivity index (χ2v) is 14.6. The summed E-state index contributed by atoms with van der Waals surface area (Å²) in [5.41, 5.74) is 0. The highest BCUT2D eigenvalue weighted by Gasteiger charge is 2.19. The van der Waals surface area contributed by atoms with E-state index in [0.717, 1.165) is 64.2 Å². The number of esters is 3. The molecule has 0 aliphatic carbocycles.